The maximum absolute atomic E-state index is 14.4. The fourth-order valence-corrected chi connectivity index (χ4v) is 3.52. The van der Waals surface area contributed by atoms with Crippen molar-refractivity contribution in [2.45, 2.75) is 12.0 Å². The van der Waals surface area contributed by atoms with E-state index in [-0.39, 0.29) is 30.2 Å². The predicted octanol–water partition coefficient (Wildman–Crippen LogP) is 0.0956. The van der Waals surface area contributed by atoms with Crippen LogP contribution in [0.4, 0.5) is 14.9 Å². The van der Waals surface area contributed by atoms with Gasteiger partial charge in [0.2, 0.25) is 5.91 Å². The number of benzene rings is 1. The summed E-state index contributed by atoms with van der Waals surface area (Å²) in [6.07, 6.45) is -1.76. The van der Waals surface area contributed by atoms with Crippen LogP contribution in [-0.4, -0.2) is 37.1 Å². The van der Waals surface area contributed by atoms with Crippen LogP contribution in [0.25, 0.3) is 0 Å². The molecule has 2 saturated heterocycles. The molecule has 1 aliphatic carbocycles. The Kier molecular flexibility index (Phi) is 2.84. The van der Waals surface area contributed by atoms with E-state index in [1.165, 1.54) is 11.0 Å². The van der Waals surface area contributed by atoms with E-state index in [1.54, 1.807) is 12.1 Å². The molecule has 4 unspecified atom stereocenters. The zero-order chi connectivity index (χ0) is 16.3. The number of ether oxygens (including phenoxy) is 1. The number of rotatable bonds is 3. The van der Waals surface area contributed by atoms with Gasteiger partial charge in [0.1, 0.15) is 5.82 Å². The van der Waals surface area contributed by atoms with Crippen molar-refractivity contribution in [2.24, 2.45) is 17.6 Å². The molecule has 3 N–H and O–H groups in total. The molecular weight excluding hydrogens is 305 g/mol. The Morgan fingerprint density at radius 2 is 2.13 bits per heavy atom. The van der Waals surface area contributed by atoms with Crippen molar-refractivity contribution in [1.82, 2.24) is 5.32 Å². The monoisotopic (exact) mass is 319 g/mol. The molecule has 3 aliphatic rings. The van der Waals surface area contributed by atoms with Gasteiger partial charge in [-0.05, 0) is 23.6 Å². The lowest BCUT2D eigenvalue weighted by Crippen LogP contribution is -2.32. The van der Waals surface area contributed by atoms with Gasteiger partial charge in [0.25, 0.3) is 5.91 Å². The number of nitrogens with two attached hydrogens (primary N) is 1. The number of hydrogen-bond donors (Lipinski definition) is 2. The number of carbonyl (C=O) groups excluding carboxylic acids is 3. The Balaban J connectivity index is 1.56. The van der Waals surface area contributed by atoms with E-state index < -0.39 is 23.9 Å². The van der Waals surface area contributed by atoms with Gasteiger partial charge in [0.05, 0.1) is 18.2 Å². The Labute approximate surface area is 130 Å². The van der Waals surface area contributed by atoms with Crippen molar-refractivity contribution in [3.8, 4) is 0 Å². The summed E-state index contributed by atoms with van der Waals surface area (Å²) in [5, 5.41) is 2.74. The molecule has 3 amide bonds. The first-order valence-corrected chi connectivity index (χ1v) is 7.32. The molecule has 1 aromatic carbocycles. The van der Waals surface area contributed by atoms with Crippen molar-refractivity contribution in [2.75, 3.05) is 18.0 Å². The van der Waals surface area contributed by atoms with E-state index in [9.17, 15) is 18.8 Å². The predicted molar refractivity (Wildman–Crippen MR) is 75.9 cm³/mol. The number of amides is 3. The third-order valence-corrected chi connectivity index (χ3v) is 4.77. The summed E-state index contributed by atoms with van der Waals surface area (Å²) in [7, 11) is 0. The SMILES string of the molecule is NC(=O)C1CN(c2ccc(C3C4CNC(=O)C43)c(F)c2)C(=O)O1. The van der Waals surface area contributed by atoms with Gasteiger partial charge in [-0.15, -0.1) is 0 Å². The number of carbonyl (C=O) groups is 3. The van der Waals surface area contributed by atoms with E-state index in [0.717, 1.165) is 0 Å². The lowest BCUT2D eigenvalue weighted by Gasteiger charge is -2.14. The summed E-state index contributed by atoms with van der Waals surface area (Å²) in [5.41, 5.74) is 5.90. The van der Waals surface area contributed by atoms with E-state index in [0.29, 0.717) is 17.8 Å². The fourth-order valence-electron chi connectivity index (χ4n) is 3.52. The van der Waals surface area contributed by atoms with Crippen molar-refractivity contribution < 1.29 is 23.5 Å². The summed E-state index contributed by atoms with van der Waals surface area (Å²) < 4.78 is 19.2. The number of nitrogens with zero attached hydrogens (tertiary/aromatic N) is 1. The zero-order valence-corrected chi connectivity index (χ0v) is 12.0. The maximum Gasteiger partial charge on any atom is 0.415 e. The first-order chi connectivity index (χ1) is 11.0. The minimum Gasteiger partial charge on any atom is -0.434 e. The van der Waals surface area contributed by atoms with Crippen LogP contribution in [0.3, 0.4) is 0 Å². The standard InChI is InChI=1S/C15H14FN3O4/c16-9-3-6(19-5-10(13(17)20)23-15(19)22)1-2-7(9)11-8-4-18-14(21)12(8)11/h1-3,8,10-12H,4-5H2,(H2,17,20)(H,18,21). The smallest absolute Gasteiger partial charge is 0.415 e. The van der Waals surface area contributed by atoms with E-state index in [2.05, 4.69) is 5.32 Å². The van der Waals surface area contributed by atoms with E-state index in [4.69, 9.17) is 10.5 Å². The number of piperidine rings is 1. The Morgan fingerprint density at radius 1 is 1.35 bits per heavy atom. The number of nitrogens with one attached hydrogen (secondary N) is 1. The van der Waals surface area contributed by atoms with Gasteiger partial charge in [-0.1, -0.05) is 6.07 Å². The number of halogens is 1. The van der Waals surface area contributed by atoms with Gasteiger partial charge in [-0.25, -0.2) is 9.18 Å². The Hall–Kier alpha value is -2.64. The molecule has 23 heavy (non-hydrogen) atoms. The van der Waals surface area contributed by atoms with Gasteiger partial charge < -0.3 is 15.8 Å². The molecule has 4 atom stereocenters. The molecule has 0 aromatic heterocycles. The molecule has 4 rings (SSSR count). The molecule has 120 valence electrons. The molecule has 8 heteroatoms. The van der Waals surface area contributed by atoms with Crippen LogP contribution >= 0.6 is 0 Å². The van der Waals surface area contributed by atoms with Gasteiger partial charge in [-0.2, -0.15) is 0 Å². The molecule has 7 nitrogen and oxygen atoms in total. The third kappa shape index (κ3) is 2.05. The quantitative estimate of drug-likeness (QED) is 0.824. The highest BCUT2D eigenvalue weighted by Crippen LogP contribution is 2.57. The second kappa shape index (κ2) is 4.68. The Morgan fingerprint density at radius 3 is 2.70 bits per heavy atom. The van der Waals surface area contributed by atoms with Crippen LogP contribution < -0.4 is 16.0 Å². The van der Waals surface area contributed by atoms with E-state index >= 15 is 0 Å². The van der Waals surface area contributed by atoms with Gasteiger partial charge in [0, 0.05) is 12.5 Å². The second-order valence-corrected chi connectivity index (χ2v) is 6.05. The van der Waals surface area contributed by atoms with Crippen LogP contribution in [0, 0.1) is 17.7 Å². The van der Waals surface area contributed by atoms with E-state index in [1.807, 2.05) is 0 Å². The lowest BCUT2D eigenvalue weighted by atomic mass is 10.1. The highest BCUT2D eigenvalue weighted by atomic mass is 19.1. The van der Waals surface area contributed by atoms with Gasteiger partial charge in [0.15, 0.2) is 6.10 Å². The van der Waals surface area contributed by atoms with Crippen LogP contribution in [0.15, 0.2) is 18.2 Å². The topological polar surface area (TPSA) is 102 Å². The molecule has 2 aliphatic heterocycles. The number of anilines is 1. The average molecular weight is 319 g/mol. The average Bonchev–Trinajstić information content (AvgIpc) is 2.87. The number of cyclic esters (lactones) is 1. The van der Waals surface area contributed by atoms with Crippen molar-refractivity contribution in [1.29, 1.82) is 0 Å². The highest BCUT2D eigenvalue weighted by molar-refractivity contribution is 5.95. The molecular formula is C15H14FN3O4. The number of fused-ring (bicyclic) bond motifs is 1. The number of primary amides is 1. The molecule has 1 aromatic rings. The molecule has 1 saturated carbocycles. The van der Waals surface area contributed by atoms with Crippen LogP contribution in [0.1, 0.15) is 11.5 Å². The fraction of sp³-hybridized carbons (Fsp3) is 0.400. The number of hydrogen-bond acceptors (Lipinski definition) is 4. The first kappa shape index (κ1) is 14.0. The third-order valence-electron chi connectivity index (χ3n) is 4.77. The van der Waals surface area contributed by atoms with Gasteiger partial charge >= 0.3 is 6.09 Å². The molecule has 0 radical (unpaired) electrons. The lowest BCUT2D eigenvalue weighted by molar-refractivity contribution is -0.124. The summed E-state index contributed by atoms with van der Waals surface area (Å²) in [5.74, 6) is -1.33. The molecule has 2 heterocycles. The highest BCUT2D eigenvalue weighted by Gasteiger charge is 2.59. The summed E-state index contributed by atoms with van der Waals surface area (Å²) in [6.45, 7) is 0.540. The molecule has 0 spiro atoms. The minimum absolute atomic E-state index is 0.0316. The molecule has 0 bridgehead atoms. The summed E-state index contributed by atoms with van der Waals surface area (Å²) in [4.78, 5) is 35.6. The van der Waals surface area contributed by atoms with Crippen LogP contribution in [-0.2, 0) is 14.3 Å². The first-order valence-electron chi connectivity index (χ1n) is 7.32. The zero-order valence-electron chi connectivity index (χ0n) is 12.0. The normalized spacial score (nSPS) is 31.6. The van der Waals surface area contributed by atoms with Crippen LogP contribution in [0.5, 0.6) is 0 Å². The summed E-state index contributed by atoms with van der Waals surface area (Å²) in [6, 6.07) is 4.41. The largest absolute Gasteiger partial charge is 0.434 e. The summed E-state index contributed by atoms with van der Waals surface area (Å²) >= 11 is 0. The van der Waals surface area contributed by atoms with Crippen molar-refractivity contribution in [3.63, 3.8) is 0 Å². The van der Waals surface area contributed by atoms with Crippen molar-refractivity contribution >= 4 is 23.6 Å². The van der Waals surface area contributed by atoms with Crippen LogP contribution in [0.2, 0.25) is 0 Å². The minimum atomic E-state index is -1.03. The second-order valence-electron chi connectivity index (χ2n) is 6.05. The maximum atomic E-state index is 14.4. The Bertz CT molecular complexity index is 737. The van der Waals surface area contributed by atoms with Crippen molar-refractivity contribution in [3.05, 3.63) is 29.6 Å². The van der Waals surface area contributed by atoms with Gasteiger partial charge in [-0.3, -0.25) is 14.5 Å². The molecule has 3 fully saturated rings.